The van der Waals surface area contributed by atoms with Crippen molar-refractivity contribution in [2.45, 2.75) is 65.1 Å². The van der Waals surface area contributed by atoms with E-state index in [2.05, 4.69) is 51.9 Å². The van der Waals surface area contributed by atoms with Crippen molar-refractivity contribution in [3.63, 3.8) is 0 Å². The van der Waals surface area contributed by atoms with Crippen molar-refractivity contribution in [2.75, 3.05) is 25.2 Å². The Morgan fingerprint density at radius 2 is 2.14 bits per heavy atom. The third kappa shape index (κ3) is 4.41. The van der Waals surface area contributed by atoms with E-state index in [0.29, 0.717) is 12.0 Å². The van der Waals surface area contributed by atoms with Crippen molar-refractivity contribution >= 4 is 16.5 Å². The largest absolute Gasteiger partial charge is 0.379 e. The van der Waals surface area contributed by atoms with Crippen LogP contribution < -0.4 is 10.2 Å². The molecular weight excluding hydrogens is 282 g/mol. The zero-order chi connectivity index (χ0) is 15.6. The number of hydrogen-bond acceptors (Lipinski definition) is 5. The molecule has 1 fully saturated rings. The lowest BCUT2D eigenvalue weighted by Gasteiger charge is -2.22. The van der Waals surface area contributed by atoms with E-state index in [9.17, 15) is 0 Å². The lowest BCUT2D eigenvalue weighted by atomic mass is 10.1. The summed E-state index contributed by atoms with van der Waals surface area (Å²) in [5.74, 6) is 0.458. The highest BCUT2D eigenvalue weighted by Crippen LogP contribution is 2.32. The fraction of sp³-hybridized carbons (Fsp3) is 0.812. The van der Waals surface area contributed by atoms with Gasteiger partial charge in [-0.3, -0.25) is 0 Å². The molecule has 1 aromatic rings. The van der Waals surface area contributed by atoms with Crippen LogP contribution in [0.25, 0.3) is 0 Å². The standard InChI is InChI=1S/C16H29N3OS/c1-11(2)14-13(9-17-16(3,4)5)21-15(18-14)19(6)12-7-8-20-10-12/h11-12,17H,7-10H2,1-6H3. The molecule has 2 heterocycles. The van der Waals surface area contributed by atoms with Crippen molar-refractivity contribution in [3.05, 3.63) is 10.6 Å². The van der Waals surface area contributed by atoms with E-state index in [0.717, 1.165) is 31.3 Å². The molecular formula is C16H29N3OS. The molecule has 0 aliphatic carbocycles. The van der Waals surface area contributed by atoms with Gasteiger partial charge in [0.05, 0.1) is 18.3 Å². The van der Waals surface area contributed by atoms with Gasteiger partial charge in [0.2, 0.25) is 0 Å². The average Bonchev–Trinajstić information content (AvgIpc) is 3.04. The minimum Gasteiger partial charge on any atom is -0.379 e. The Morgan fingerprint density at radius 1 is 1.43 bits per heavy atom. The number of ether oxygens (including phenoxy) is 1. The fourth-order valence-corrected chi connectivity index (χ4v) is 3.60. The van der Waals surface area contributed by atoms with Crippen molar-refractivity contribution < 1.29 is 4.74 Å². The number of nitrogens with one attached hydrogen (secondary N) is 1. The van der Waals surface area contributed by atoms with E-state index < -0.39 is 0 Å². The van der Waals surface area contributed by atoms with Gasteiger partial charge in [0.1, 0.15) is 0 Å². The third-order valence-corrected chi connectivity index (χ3v) is 4.96. The number of rotatable bonds is 5. The van der Waals surface area contributed by atoms with Crippen LogP contribution in [0.2, 0.25) is 0 Å². The Kier molecular flexibility index (Phi) is 5.28. The Hall–Kier alpha value is -0.650. The minimum absolute atomic E-state index is 0.129. The van der Waals surface area contributed by atoms with Crippen LogP contribution in [0.15, 0.2) is 0 Å². The second-order valence-electron chi connectivity index (χ2n) is 7.19. The number of nitrogens with zero attached hydrogens (tertiary/aromatic N) is 2. The van der Waals surface area contributed by atoms with Crippen LogP contribution in [0.5, 0.6) is 0 Å². The molecule has 1 saturated heterocycles. The molecule has 1 unspecified atom stereocenters. The number of anilines is 1. The first-order chi connectivity index (χ1) is 9.78. The van der Waals surface area contributed by atoms with Crippen molar-refractivity contribution in [1.29, 1.82) is 0 Å². The predicted octanol–water partition coefficient (Wildman–Crippen LogP) is 3.38. The normalized spacial score (nSPS) is 19.5. The summed E-state index contributed by atoms with van der Waals surface area (Å²) in [7, 11) is 2.14. The zero-order valence-corrected chi connectivity index (χ0v) is 15.0. The van der Waals surface area contributed by atoms with E-state index >= 15 is 0 Å². The topological polar surface area (TPSA) is 37.4 Å². The highest BCUT2D eigenvalue weighted by Gasteiger charge is 2.25. The van der Waals surface area contributed by atoms with Crippen LogP contribution in [-0.4, -0.2) is 36.8 Å². The first-order valence-electron chi connectivity index (χ1n) is 7.83. The summed E-state index contributed by atoms with van der Waals surface area (Å²) in [6.45, 7) is 13.6. The van der Waals surface area contributed by atoms with Gasteiger partial charge in [-0.25, -0.2) is 4.98 Å². The quantitative estimate of drug-likeness (QED) is 0.904. The molecule has 4 nitrogen and oxygen atoms in total. The molecule has 120 valence electrons. The molecule has 1 aliphatic heterocycles. The summed E-state index contributed by atoms with van der Waals surface area (Å²) in [6, 6.07) is 0.472. The van der Waals surface area contributed by atoms with Crippen molar-refractivity contribution in [1.82, 2.24) is 10.3 Å². The van der Waals surface area contributed by atoms with Gasteiger partial charge >= 0.3 is 0 Å². The minimum atomic E-state index is 0.129. The molecule has 2 rings (SSSR count). The predicted molar refractivity (Wildman–Crippen MR) is 90.4 cm³/mol. The van der Waals surface area contributed by atoms with Gasteiger partial charge in [-0.15, -0.1) is 11.3 Å². The smallest absolute Gasteiger partial charge is 0.185 e. The van der Waals surface area contributed by atoms with Gasteiger partial charge in [-0.05, 0) is 33.1 Å². The number of thiazole rings is 1. The lowest BCUT2D eigenvalue weighted by molar-refractivity contribution is 0.193. The van der Waals surface area contributed by atoms with Gasteiger partial charge < -0.3 is 15.0 Å². The summed E-state index contributed by atoms with van der Waals surface area (Å²) in [5, 5.41) is 4.71. The van der Waals surface area contributed by atoms with E-state index in [1.54, 1.807) is 0 Å². The Bertz CT molecular complexity index is 459. The highest BCUT2D eigenvalue weighted by molar-refractivity contribution is 7.15. The molecule has 0 amide bonds. The molecule has 1 aromatic heterocycles. The summed E-state index contributed by atoms with van der Waals surface area (Å²) < 4.78 is 5.50. The maximum Gasteiger partial charge on any atom is 0.185 e. The fourth-order valence-electron chi connectivity index (χ4n) is 2.41. The van der Waals surface area contributed by atoms with Crippen LogP contribution in [0.3, 0.4) is 0 Å². The Morgan fingerprint density at radius 3 is 2.67 bits per heavy atom. The summed E-state index contributed by atoms with van der Waals surface area (Å²) >= 11 is 1.82. The van der Waals surface area contributed by atoms with Gasteiger partial charge in [0.25, 0.3) is 0 Å². The maximum atomic E-state index is 5.50. The second kappa shape index (κ2) is 6.63. The molecule has 0 saturated carbocycles. The Labute approximate surface area is 132 Å². The molecule has 0 spiro atoms. The summed E-state index contributed by atoms with van der Waals surface area (Å²) in [6.07, 6.45) is 1.10. The van der Waals surface area contributed by atoms with Crippen molar-refractivity contribution in [3.8, 4) is 0 Å². The van der Waals surface area contributed by atoms with E-state index in [1.807, 2.05) is 11.3 Å². The lowest BCUT2D eigenvalue weighted by Crippen LogP contribution is -2.35. The maximum absolute atomic E-state index is 5.50. The molecule has 1 aliphatic rings. The van der Waals surface area contributed by atoms with Crippen LogP contribution in [0, 0.1) is 0 Å². The molecule has 0 radical (unpaired) electrons. The van der Waals surface area contributed by atoms with Crippen LogP contribution >= 0.6 is 11.3 Å². The molecule has 0 aromatic carbocycles. The SMILES string of the molecule is CC(C)c1nc(N(C)C2CCOC2)sc1CNC(C)(C)C. The average molecular weight is 311 g/mol. The number of aromatic nitrogens is 1. The summed E-state index contributed by atoms with van der Waals surface area (Å²) in [4.78, 5) is 8.56. The van der Waals surface area contributed by atoms with Crippen molar-refractivity contribution in [2.24, 2.45) is 0 Å². The molecule has 1 atom stereocenters. The molecule has 21 heavy (non-hydrogen) atoms. The monoisotopic (exact) mass is 311 g/mol. The number of hydrogen-bond donors (Lipinski definition) is 1. The molecule has 0 bridgehead atoms. The third-order valence-electron chi connectivity index (χ3n) is 3.80. The van der Waals surface area contributed by atoms with Gasteiger partial charge in [-0.1, -0.05) is 13.8 Å². The highest BCUT2D eigenvalue weighted by atomic mass is 32.1. The van der Waals surface area contributed by atoms with Gasteiger partial charge in [-0.2, -0.15) is 0 Å². The van der Waals surface area contributed by atoms with Gasteiger partial charge in [0, 0.05) is 30.6 Å². The van der Waals surface area contributed by atoms with Crippen LogP contribution in [0.4, 0.5) is 5.13 Å². The molecule has 5 heteroatoms. The van der Waals surface area contributed by atoms with E-state index in [-0.39, 0.29) is 5.54 Å². The molecule has 1 N–H and O–H groups in total. The first-order valence-corrected chi connectivity index (χ1v) is 8.65. The van der Waals surface area contributed by atoms with Crippen LogP contribution in [0.1, 0.15) is 57.5 Å². The van der Waals surface area contributed by atoms with E-state index in [1.165, 1.54) is 10.6 Å². The first kappa shape index (κ1) is 16.7. The summed E-state index contributed by atoms with van der Waals surface area (Å²) in [5.41, 5.74) is 1.36. The Balaban J connectivity index is 2.15. The van der Waals surface area contributed by atoms with Gasteiger partial charge in [0.15, 0.2) is 5.13 Å². The second-order valence-corrected chi connectivity index (χ2v) is 8.25. The zero-order valence-electron chi connectivity index (χ0n) is 14.2. The van der Waals surface area contributed by atoms with E-state index in [4.69, 9.17) is 9.72 Å². The van der Waals surface area contributed by atoms with Crippen LogP contribution in [-0.2, 0) is 11.3 Å². The number of likely N-dealkylation sites (N-methyl/N-ethyl adjacent to an activating group) is 1.